The number of halogens is 1. The molecule has 5 rings (SSSR count). The van der Waals surface area contributed by atoms with E-state index in [9.17, 15) is 19.0 Å². The van der Waals surface area contributed by atoms with Crippen molar-refractivity contribution >= 4 is 18.9 Å². The average molecular weight is 494 g/mol. The van der Waals surface area contributed by atoms with Gasteiger partial charge in [0.15, 0.2) is 0 Å². The van der Waals surface area contributed by atoms with Crippen molar-refractivity contribution in [3.8, 4) is 5.75 Å². The summed E-state index contributed by atoms with van der Waals surface area (Å²) in [7, 11) is -0.484. The monoisotopic (exact) mass is 494 g/mol. The molecule has 36 heavy (non-hydrogen) atoms. The van der Waals surface area contributed by atoms with Gasteiger partial charge in [-0.05, 0) is 63.1 Å². The average Bonchev–Trinajstić information content (AvgIpc) is 2.90. The lowest BCUT2D eigenvalue weighted by Gasteiger charge is -2.47. The van der Waals surface area contributed by atoms with E-state index in [4.69, 9.17) is 4.74 Å². The molecule has 190 valence electrons. The highest BCUT2D eigenvalue weighted by molar-refractivity contribution is 6.45. The molecule has 3 aliphatic rings. The van der Waals surface area contributed by atoms with Crippen molar-refractivity contribution < 1.29 is 23.7 Å². The van der Waals surface area contributed by atoms with Crippen molar-refractivity contribution in [1.82, 2.24) is 20.0 Å². The molecule has 2 aromatic rings. The van der Waals surface area contributed by atoms with E-state index in [0.717, 1.165) is 25.9 Å². The molecule has 3 aliphatic heterocycles. The van der Waals surface area contributed by atoms with E-state index in [-0.39, 0.29) is 23.5 Å². The first kappa shape index (κ1) is 24.7. The number of carbonyl (C=O) groups is 2. The molecule has 1 aromatic heterocycles. The largest absolute Gasteiger partial charge is 0.487 e. The predicted molar refractivity (Wildman–Crippen MR) is 133 cm³/mol. The third-order valence-electron chi connectivity index (χ3n) is 7.85. The summed E-state index contributed by atoms with van der Waals surface area (Å²) >= 11 is 0. The fourth-order valence-electron chi connectivity index (χ4n) is 5.72. The lowest BCUT2D eigenvalue weighted by molar-refractivity contribution is -0.141. The van der Waals surface area contributed by atoms with Crippen molar-refractivity contribution in [2.45, 2.75) is 50.6 Å². The van der Waals surface area contributed by atoms with Gasteiger partial charge in [-0.25, -0.2) is 4.39 Å². The Morgan fingerprint density at radius 1 is 1.17 bits per heavy atom. The number of hydrogen-bond acceptors (Lipinski definition) is 6. The minimum absolute atomic E-state index is 0.0181. The van der Waals surface area contributed by atoms with Gasteiger partial charge in [0.25, 0.3) is 5.91 Å². The molecule has 1 unspecified atom stereocenters. The van der Waals surface area contributed by atoms with E-state index in [1.165, 1.54) is 12.1 Å². The van der Waals surface area contributed by atoms with Gasteiger partial charge in [-0.2, -0.15) is 0 Å². The zero-order valence-corrected chi connectivity index (χ0v) is 20.5. The lowest BCUT2D eigenvalue weighted by Crippen LogP contribution is -2.55. The first-order chi connectivity index (χ1) is 17.3. The van der Waals surface area contributed by atoms with Crippen molar-refractivity contribution in [2.24, 2.45) is 5.92 Å². The standard InChI is InChI=1S/C26H32BFN4O4/c1-27(35)32-12-7-18(8-13-32)25(34)31-14-9-26(10-15-31)17-22(20-16-19(28)5-6-23(20)36-26)30-24(33)21-4-2-3-11-29-21/h2-6,11,16,18,22,35H,7-10,12-15,17H2,1H3,(H,30,33). The van der Waals surface area contributed by atoms with Crippen LogP contribution in [0, 0.1) is 11.7 Å². The lowest BCUT2D eigenvalue weighted by atomic mass is 9.79. The molecule has 10 heteroatoms. The highest BCUT2D eigenvalue weighted by Crippen LogP contribution is 2.45. The Morgan fingerprint density at radius 2 is 1.92 bits per heavy atom. The molecule has 0 saturated carbocycles. The van der Waals surface area contributed by atoms with Crippen LogP contribution in [0.25, 0.3) is 0 Å². The smallest absolute Gasteiger partial charge is 0.376 e. The summed E-state index contributed by atoms with van der Waals surface area (Å²) in [6.07, 6.45) is 4.84. The van der Waals surface area contributed by atoms with Gasteiger partial charge in [0.1, 0.15) is 22.9 Å². The molecule has 0 aliphatic carbocycles. The van der Waals surface area contributed by atoms with E-state index in [0.29, 0.717) is 49.4 Å². The summed E-state index contributed by atoms with van der Waals surface area (Å²) in [6, 6.07) is 9.13. The highest BCUT2D eigenvalue weighted by Gasteiger charge is 2.45. The van der Waals surface area contributed by atoms with Crippen LogP contribution < -0.4 is 10.1 Å². The molecule has 1 spiro atoms. The number of nitrogens with zero attached hydrogens (tertiary/aromatic N) is 3. The van der Waals surface area contributed by atoms with E-state index in [2.05, 4.69) is 10.3 Å². The molecule has 2 saturated heterocycles. The van der Waals surface area contributed by atoms with Crippen LogP contribution in [0.3, 0.4) is 0 Å². The van der Waals surface area contributed by atoms with Crippen LogP contribution in [-0.4, -0.2) is 70.4 Å². The van der Waals surface area contributed by atoms with Gasteiger partial charge in [-0.3, -0.25) is 14.6 Å². The third-order valence-corrected chi connectivity index (χ3v) is 7.85. The molecule has 1 aromatic carbocycles. The fourth-order valence-corrected chi connectivity index (χ4v) is 5.72. The second-order valence-corrected chi connectivity index (χ2v) is 10.2. The number of carbonyl (C=O) groups excluding carboxylic acids is 2. The number of likely N-dealkylation sites (tertiary alicyclic amines) is 1. The van der Waals surface area contributed by atoms with Crippen LogP contribution in [0.15, 0.2) is 42.6 Å². The zero-order chi connectivity index (χ0) is 25.3. The number of pyridine rings is 1. The quantitative estimate of drug-likeness (QED) is 0.635. The molecule has 2 fully saturated rings. The highest BCUT2D eigenvalue weighted by atomic mass is 19.1. The van der Waals surface area contributed by atoms with Gasteiger partial charge >= 0.3 is 7.05 Å². The third kappa shape index (κ3) is 5.10. The Morgan fingerprint density at radius 3 is 2.58 bits per heavy atom. The van der Waals surface area contributed by atoms with Crippen molar-refractivity contribution in [2.75, 3.05) is 26.2 Å². The van der Waals surface area contributed by atoms with Crippen LogP contribution in [0.2, 0.25) is 6.82 Å². The molecule has 1 atom stereocenters. The summed E-state index contributed by atoms with van der Waals surface area (Å²) < 4.78 is 20.5. The van der Waals surface area contributed by atoms with Gasteiger partial charge in [-0.1, -0.05) is 6.07 Å². The number of piperidine rings is 2. The van der Waals surface area contributed by atoms with Gasteiger partial charge < -0.3 is 24.8 Å². The SMILES string of the molecule is CB(O)N1CCC(C(=O)N2CCC3(CC2)CC(NC(=O)c2ccccn2)c2cc(F)ccc2O3)CC1. The van der Waals surface area contributed by atoms with Crippen LogP contribution in [0.1, 0.15) is 54.2 Å². The summed E-state index contributed by atoms with van der Waals surface area (Å²) in [5.41, 5.74) is 0.380. The maximum absolute atomic E-state index is 14.1. The first-order valence-electron chi connectivity index (χ1n) is 12.7. The maximum Gasteiger partial charge on any atom is 0.376 e. The summed E-state index contributed by atoms with van der Waals surface area (Å²) in [6.45, 7) is 4.36. The molecule has 0 bridgehead atoms. The summed E-state index contributed by atoms with van der Waals surface area (Å²) in [4.78, 5) is 34.1. The Balaban J connectivity index is 1.27. The Labute approximate surface area is 211 Å². The zero-order valence-electron chi connectivity index (χ0n) is 20.5. The van der Waals surface area contributed by atoms with Crippen molar-refractivity contribution in [3.63, 3.8) is 0 Å². The number of aromatic nitrogens is 1. The number of fused-ring (bicyclic) bond motifs is 1. The Kier molecular flexibility index (Phi) is 6.99. The number of ether oxygens (including phenoxy) is 1. The molecular weight excluding hydrogens is 462 g/mol. The van der Waals surface area contributed by atoms with Crippen molar-refractivity contribution in [1.29, 1.82) is 0 Å². The molecule has 2 amide bonds. The number of nitrogens with one attached hydrogen (secondary N) is 1. The van der Waals surface area contributed by atoms with Gasteiger partial charge in [-0.15, -0.1) is 0 Å². The fraction of sp³-hybridized carbons (Fsp3) is 0.500. The molecular formula is C26H32BFN4O4. The van der Waals surface area contributed by atoms with Crippen LogP contribution in [0.5, 0.6) is 5.75 Å². The number of benzene rings is 1. The molecule has 8 nitrogen and oxygen atoms in total. The summed E-state index contributed by atoms with van der Waals surface area (Å²) in [5, 5.41) is 12.8. The van der Waals surface area contributed by atoms with Crippen molar-refractivity contribution in [3.05, 3.63) is 59.7 Å². The van der Waals surface area contributed by atoms with Gasteiger partial charge in [0, 0.05) is 50.0 Å². The normalized spacial score (nSPS) is 22.0. The maximum atomic E-state index is 14.1. The predicted octanol–water partition coefficient (Wildman–Crippen LogP) is 2.66. The van der Waals surface area contributed by atoms with Crippen LogP contribution in [-0.2, 0) is 4.79 Å². The topological polar surface area (TPSA) is 95.0 Å². The second-order valence-electron chi connectivity index (χ2n) is 10.2. The molecule has 0 radical (unpaired) electrons. The van der Waals surface area contributed by atoms with Gasteiger partial charge in [0.2, 0.25) is 5.91 Å². The van der Waals surface area contributed by atoms with E-state index in [1.807, 2.05) is 9.71 Å². The number of hydrogen-bond donors (Lipinski definition) is 2. The summed E-state index contributed by atoms with van der Waals surface area (Å²) in [5.74, 6) is 0.0273. The first-order valence-corrected chi connectivity index (χ1v) is 12.7. The van der Waals surface area contributed by atoms with E-state index >= 15 is 0 Å². The van der Waals surface area contributed by atoms with E-state index in [1.54, 1.807) is 37.3 Å². The van der Waals surface area contributed by atoms with Crippen LogP contribution >= 0.6 is 0 Å². The van der Waals surface area contributed by atoms with Crippen LogP contribution in [0.4, 0.5) is 4.39 Å². The van der Waals surface area contributed by atoms with Gasteiger partial charge in [0.05, 0.1) is 6.04 Å². The Bertz CT molecular complexity index is 1100. The number of amides is 2. The second kappa shape index (κ2) is 10.2. The Hall–Kier alpha value is -2.98. The molecule has 2 N–H and O–H groups in total. The van der Waals surface area contributed by atoms with E-state index < -0.39 is 18.7 Å². The minimum atomic E-state index is -0.542. The molecule has 4 heterocycles. The minimum Gasteiger partial charge on any atom is -0.487 e. The number of rotatable bonds is 4.